The molecule has 0 unspecified atom stereocenters. The summed E-state index contributed by atoms with van der Waals surface area (Å²) in [5.74, 6) is -2.93. The third-order valence-corrected chi connectivity index (χ3v) is 6.99. The highest BCUT2D eigenvalue weighted by atomic mass is 79.9. The van der Waals surface area contributed by atoms with Crippen LogP contribution < -0.4 is 19.5 Å². The molecule has 34 heavy (non-hydrogen) atoms. The number of nitrogens with one attached hydrogen (secondary N) is 2. The summed E-state index contributed by atoms with van der Waals surface area (Å²) in [5, 5.41) is 12.9. The van der Waals surface area contributed by atoms with Crippen molar-refractivity contribution in [1.29, 1.82) is 0 Å². The highest BCUT2D eigenvalue weighted by molar-refractivity contribution is 9.10. The first-order chi connectivity index (χ1) is 16.1. The number of rotatable bonds is 1. The van der Waals surface area contributed by atoms with Gasteiger partial charge in [0.05, 0.1) is 23.8 Å². The standard InChI is InChI=1S/C22H17BrF2N2O6S/c1-32-12-2-3-19-14(8-12)13-9-18(17(25)10-16(13)24)27-34(30,31)20-7-11(6-15(23)21(20)28)22(29)26-4-5-33-19/h2-3,6-10,27-28H,4-5H2,1H3,(H,26,29). The van der Waals surface area contributed by atoms with Gasteiger partial charge in [-0.15, -0.1) is 0 Å². The zero-order valence-electron chi connectivity index (χ0n) is 17.5. The molecule has 1 aliphatic heterocycles. The van der Waals surface area contributed by atoms with E-state index in [4.69, 9.17) is 9.47 Å². The third-order valence-electron chi connectivity index (χ3n) is 5.00. The number of halogens is 3. The molecule has 4 bridgehead atoms. The van der Waals surface area contributed by atoms with Crippen LogP contribution in [0.25, 0.3) is 11.1 Å². The normalized spacial score (nSPS) is 15.0. The van der Waals surface area contributed by atoms with E-state index in [1.165, 1.54) is 25.3 Å². The van der Waals surface area contributed by atoms with E-state index in [2.05, 4.69) is 21.2 Å². The van der Waals surface area contributed by atoms with Crippen molar-refractivity contribution in [2.75, 3.05) is 25.0 Å². The van der Waals surface area contributed by atoms with Crippen molar-refractivity contribution >= 4 is 37.5 Å². The van der Waals surface area contributed by atoms with Crippen molar-refractivity contribution in [2.45, 2.75) is 4.90 Å². The van der Waals surface area contributed by atoms with E-state index < -0.39 is 43.9 Å². The van der Waals surface area contributed by atoms with Gasteiger partial charge in [0.15, 0.2) is 0 Å². The van der Waals surface area contributed by atoms with Crippen LogP contribution in [0.15, 0.2) is 51.8 Å². The Labute approximate surface area is 201 Å². The maximum absolute atomic E-state index is 14.8. The van der Waals surface area contributed by atoms with Gasteiger partial charge in [-0.1, -0.05) is 0 Å². The first-order valence-electron chi connectivity index (χ1n) is 9.74. The fraction of sp³-hybridized carbons (Fsp3) is 0.136. The molecule has 0 radical (unpaired) electrons. The minimum absolute atomic E-state index is 0.0105. The average Bonchev–Trinajstić information content (AvgIpc) is 2.79. The summed E-state index contributed by atoms with van der Waals surface area (Å²) < 4.78 is 68.4. The number of methoxy groups -OCH3 is 1. The predicted octanol–water partition coefficient (Wildman–Crippen LogP) is 4.03. The first kappa shape index (κ1) is 23.8. The molecule has 1 heterocycles. The number of phenols is 1. The van der Waals surface area contributed by atoms with Crippen molar-refractivity contribution in [2.24, 2.45) is 0 Å². The number of phenolic OH excluding ortho intramolecular Hbond substituents is 1. The summed E-state index contributed by atoms with van der Waals surface area (Å²) in [6, 6.07) is 8.23. The van der Waals surface area contributed by atoms with E-state index in [-0.39, 0.29) is 40.1 Å². The monoisotopic (exact) mass is 554 g/mol. The molecule has 4 rings (SSSR count). The number of amides is 1. The average molecular weight is 555 g/mol. The van der Waals surface area contributed by atoms with Gasteiger partial charge in [0.25, 0.3) is 15.9 Å². The lowest BCUT2D eigenvalue weighted by Gasteiger charge is -2.16. The van der Waals surface area contributed by atoms with Crippen LogP contribution in [0.1, 0.15) is 10.4 Å². The Balaban J connectivity index is 1.94. The van der Waals surface area contributed by atoms with E-state index in [9.17, 15) is 27.1 Å². The van der Waals surface area contributed by atoms with Gasteiger partial charge >= 0.3 is 0 Å². The third kappa shape index (κ3) is 4.50. The van der Waals surface area contributed by atoms with Crippen LogP contribution in [-0.2, 0) is 10.0 Å². The molecule has 12 heteroatoms. The topological polar surface area (TPSA) is 114 Å². The van der Waals surface area contributed by atoms with Crippen molar-refractivity contribution in [3.8, 4) is 28.4 Å². The van der Waals surface area contributed by atoms with Crippen molar-refractivity contribution in [3.05, 3.63) is 64.1 Å². The van der Waals surface area contributed by atoms with Crippen LogP contribution >= 0.6 is 15.9 Å². The second kappa shape index (κ2) is 9.11. The molecule has 1 aliphatic rings. The molecule has 0 aliphatic carbocycles. The van der Waals surface area contributed by atoms with E-state index >= 15 is 0 Å². The number of carbonyl (C=O) groups is 1. The van der Waals surface area contributed by atoms with Crippen LogP contribution in [0.4, 0.5) is 14.5 Å². The van der Waals surface area contributed by atoms with Gasteiger partial charge in [-0.05, 0) is 52.3 Å². The largest absolute Gasteiger partial charge is 0.505 e. The quantitative estimate of drug-likeness (QED) is 0.418. The molecular weight excluding hydrogens is 538 g/mol. The highest BCUT2D eigenvalue weighted by Gasteiger charge is 2.26. The minimum atomic E-state index is -4.61. The molecule has 0 saturated carbocycles. The molecular formula is C22H17BrF2N2O6S. The summed E-state index contributed by atoms with van der Waals surface area (Å²) in [6.45, 7) is 0.0175. The van der Waals surface area contributed by atoms with Crippen LogP contribution in [-0.4, -0.2) is 39.7 Å². The number of carbonyl (C=O) groups excluding carboxylic acids is 1. The summed E-state index contributed by atoms with van der Waals surface area (Å²) in [7, 11) is -3.20. The second-order valence-corrected chi connectivity index (χ2v) is 9.69. The molecule has 1 amide bonds. The first-order valence-corrected chi connectivity index (χ1v) is 12.0. The lowest BCUT2D eigenvalue weighted by atomic mass is 10.0. The van der Waals surface area contributed by atoms with Crippen molar-refractivity contribution < 1.29 is 36.6 Å². The Morgan fingerprint density at radius 1 is 1.09 bits per heavy atom. The smallest absolute Gasteiger partial charge is 0.265 e. The van der Waals surface area contributed by atoms with E-state index in [1.807, 2.05) is 4.72 Å². The van der Waals surface area contributed by atoms with Gasteiger partial charge < -0.3 is 19.9 Å². The van der Waals surface area contributed by atoms with Crippen molar-refractivity contribution in [1.82, 2.24) is 5.32 Å². The molecule has 0 aromatic heterocycles. The number of fused-ring (bicyclic) bond motifs is 6. The van der Waals surface area contributed by atoms with Crippen LogP contribution in [0.5, 0.6) is 17.2 Å². The van der Waals surface area contributed by atoms with Gasteiger partial charge in [0, 0.05) is 22.8 Å². The summed E-state index contributed by atoms with van der Waals surface area (Å²) in [4.78, 5) is 11.9. The zero-order chi connectivity index (χ0) is 24.6. The Kier molecular flexibility index (Phi) is 6.36. The molecule has 0 fully saturated rings. The lowest BCUT2D eigenvalue weighted by molar-refractivity contribution is 0.0946. The fourth-order valence-corrected chi connectivity index (χ4v) is 5.14. The number of benzene rings is 3. The molecule has 0 atom stereocenters. The number of anilines is 1. The van der Waals surface area contributed by atoms with Gasteiger partial charge in [-0.3, -0.25) is 9.52 Å². The van der Waals surface area contributed by atoms with Crippen LogP contribution in [0.2, 0.25) is 0 Å². The molecule has 3 aromatic carbocycles. The Hall–Kier alpha value is -3.38. The summed E-state index contributed by atoms with van der Waals surface area (Å²) >= 11 is 3.02. The van der Waals surface area contributed by atoms with Gasteiger partial charge in [-0.25, -0.2) is 17.2 Å². The number of aromatic hydroxyl groups is 1. The second-order valence-electron chi connectivity index (χ2n) is 7.19. The maximum Gasteiger partial charge on any atom is 0.265 e. The molecule has 0 spiro atoms. The Morgan fingerprint density at radius 2 is 1.85 bits per heavy atom. The van der Waals surface area contributed by atoms with Crippen LogP contribution in [0.3, 0.4) is 0 Å². The minimum Gasteiger partial charge on any atom is -0.505 e. The van der Waals surface area contributed by atoms with E-state index in [0.29, 0.717) is 11.8 Å². The maximum atomic E-state index is 14.8. The molecule has 8 nitrogen and oxygen atoms in total. The SMILES string of the molecule is COc1ccc2c(c1)-c1cc(c(F)cc1F)NS(=O)(=O)c1cc(cc(Br)c1O)C(=O)NCCO2. The number of hydrogen-bond acceptors (Lipinski definition) is 6. The van der Waals surface area contributed by atoms with Crippen LogP contribution in [0, 0.1) is 11.6 Å². The Bertz CT molecular complexity index is 1410. The highest BCUT2D eigenvalue weighted by Crippen LogP contribution is 2.39. The number of sulfonamides is 1. The van der Waals surface area contributed by atoms with Gasteiger partial charge in [-0.2, -0.15) is 0 Å². The molecule has 3 aromatic rings. The number of hydrogen-bond donors (Lipinski definition) is 3. The lowest BCUT2D eigenvalue weighted by Crippen LogP contribution is -2.28. The summed E-state index contributed by atoms with van der Waals surface area (Å²) in [5.41, 5.74) is -0.647. The van der Waals surface area contributed by atoms with Gasteiger partial charge in [0.1, 0.15) is 40.4 Å². The van der Waals surface area contributed by atoms with E-state index in [0.717, 1.165) is 12.1 Å². The van der Waals surface area contributed by atoms with E-state index in [1.54, 1.807) is 6.07 Å². The molecule has 178 valence electrons. The fourth-order valence-electron chi connectivity index (χ4n) is 3.34. The van der Waals surface area contributed by atoms with Crippen molar-refractivity contribution in [3.63, 3.8) is 0 Å². The molecule has 0 saturated heterocycles. The summed E-state index contributed by atoms with van der Waals surface area (Å²) in [6.07, 6.45) is 0. The Morgan fingerprint density at radius 3 is 2.59 bits per heavy atom. The predicted molar refractivity (Wildman–Crippen MR) is 123 cm³/mol. The number of ether oxygens (including phenoxy) is 2. The zero-order valence-corrected chi connectivity index (χ0v) is 19.9. The molecule has 3 N–H and O–H groups in total. The van der Waals surface area contributed by atoms with Gasteiger partial charge in [0.2, 0.25) is 0 Å².